The molecule has 14 heavy (non-hydrogen) atoms. The molecule has 1 aliphatic rings. The SMILES string of the molecule is C/C(=N\O)C1=NN=C(/C(C)=N/O)C1C. The Bertz CT molecular complexity index is 320. The molecule has 0 fully saturated rings. The predicted octanol–water partition coefficient (Wildman–Crippen LogP) is 1.13. The monoisotopic (exact) mass is 196 g/mol. The van der Waals surface area contributed by atoms with E-state index in [0.717, 1.165) is 0 Å². The summed E-state index contributed by atoms with van der Waals surface area (Å²) in [6.45, 7) is 5.13. The normalized spacial score (nSPS) is 23.5. The lowest BCUT2D eigenvalue weighted by atomic mass is 9.95. The molecule has 0 aromatic rings. The van der Waals surface area contributed by atoms with E-state index in [1.54, 1.807) is 13.8 Å². The molecule has 1 rings (SSSR count). The molecule has 1 heterocycles. The van der Waals surface area contributed by atoms with Crippen molar-refractivity contribution in [2.45, 2.75) is 20.8 Å². The van der Waals surface area contributed by atoms with E-state index in [-0.39, 0.29) is 5.92 Å². The average molecular weight is 196 g/mol. The summed E-state index contributed by atoms with van der Waals surface area (Å²) in [6, 6.07) is 0. The molecule has 2 N–H and O–H groups in total. The van der Waals surface area contributed by atoms with Crippen molar-refractivity contribution in [1.29, 1.82) is 0 Å². The van der Waals surface area contributed by atoms with Crippen LogP contribution in [0.4, 0.5) is 0 Å². The number of oxime groups is 2. The molecule has 0 aromatic heterocycles. The van der Waals surface area contributed by atoms with Crippen molar-refractivity contribution in [1.82, 2.24) is 0 Å². The molecule has 0 amide bonds. The Morgan fingerprint density at radius 2 is 1.43 bits per heavy atom. The molecule has 76 valence electrons. The number of rotatable bonds is 2. The highest BCUT2D eigenvalue weighted by Crippen LogP contribution is 2.13. The van der Waals surface area contributed by atoms with Crippen LogP contribution in [0.15, 0.2) is 20.5 Å². The third-order valence-corrected chi connectivity index (χ3v) is 2.13. The Morgan fingerprint density at radius 3 is 1.71 bits per heavy atom. The Balaban J connectivity index is 2.89. The maximum absolute atomic E-state index is 8.57. The number of nitrogens with zero attached hydrogens (tertiary/aromatic N) is 4. The second-order valence-electron chi connectivity index (χ2n) is 3.06. The topological polar surface area (TPSA) is 89.9 Å². The van der Waals surface area contributed by atoms with Gasteiger partial charge in [0.25, 0.3) is 0 Å². The van der Waals surface area contributed by atoms with Crippen LogP contribution in [0.2, 0.25) is 0 Å². The second-order valence-corrected chi connectivity index (χ2v) is 3.06. The third kappa shape index (κ3) is 1.63. The van der Waals surface area contributed by atoms with Gasteiger partial charge in [0.1, 0.15) is 11.4 Å². The highest BCUT2D eigenvalue weighted by atomic mass is 16.4. The second kappa shape index (κ2) is 3.99. The van der Waals surface area contributed by atoms with Crippen molar-refractivity contribution in [3.05, 3.63) is 0 Å². The molecule has 0 saturated heterocycles. The van der Waals surface area contributed by atoms with Crippen molar-refractivity contribution < 1.29 is 10.4 Å². The van der Waals surface area contributed by atoms with Crippen LogP contribution in [0.3, 0.4) is 0 Å². The summed E-state index contributed by atoms with van der Waals surface area (Å²) in [7, 11) is 0. The summed E-state index contributed by atoms with van der Waals surface area (Å²) in [5, 5.41) is 31.0. The lowest BCUT2D eigenvalue weighted by molar-refractivity contribution is 0.319. The van der Waals surface area contributed by atoms with Gasteiger partial charge in [-0.15, -0.1) is 0 Å². The zero-order valence-corrected chi connectivity index (χ0v) is 8.26. The Morgan fingerprint density at radius 1 is 1.07 bits per heavy atom. The molecule has 0 saturated carbocycles. The van der Waals surface area contributed by atoms with Gasteiger partial charge in [-0.05, 0) is 13.8 Å². The van der Waals surface area contributed by atoms with E-state index in [4.69, 9.17) is 10.4 Å². The van der Waals surface area contributed by atoms with Crippen LogP contribution >= 0.6 is 0 Å². The zero-order chi connectivity index (χ0) is 10.7. The molecule has 0 radical (unpaired) electrons. The minimum Gasteiger partial charge on any atom is -0.411 e. The summed E-state index contributed by atoms with van der Waals surface area (Å²) in [4.78, 5) is 0. The first-order valence-corrected chi connectivity index (χ1v) is 4.15. The van der Waals surface area contributed by atoms with Gasteiger partial charge in [0.2, 0.25) is 0 Å². The molecule has 0 spiro atoms. The summed E-state index contributed by atoms with van der Waals surface area (Å²) >= 11 is 0. The van der Waals surface area contributed by atoms with Crippen LogP contribution in [-0.4, -0.2) is 33.3 Å². The van der Waals surface area contributed by atoms with Crippen LogP contribution in [0, 0.1) is 5.92 Å². The summed E-state index contributed by atoms with van der Waals surface area (Å²) in [5.74, 6) is -0.109. The molecular weight excluding hydrogens is 184 g/mol. The smallest absolute Gasteiger partial charge is 0.100 e. The summed E-state index contributed by atoms with van der Waals surface area (Å²) in [6.07, 6.45) is 0. The molecule has 1 aliphatic heterocycles. The van der Waals surface area contributed by atoms with Gasteiger partial charge >= 0.3 is 0 Å². The third-order valence-electron chi connectivity index (χ3n) is 2.13. The quantitative estimate of drug-likeness (QED) is 0.394. The average Bonchev–Trinajstić information content (AvgIpc) is 2.58. The highest BCUT2D eigenvalue weighted by Gasteiger charge is 2.27. The van der Waals surface area contributed by atoms with Gasteiger partial charge in [0, 0.05) is 5.92 Å². The largest absolute Gasteiger partial charge is 0.411 e. The maximum Gasteiger partial charge on any atom is 0.100 e. The van der Waals surface area contributed by atoms with Gasteiger partial charge in [0.15, 0.2) is 0 Å². The molecule has 0 aromatic carbocycles. The van der Waals surface area contributed by atoms with E-state index >= 15 is 0 Å². The molecule has 6 heteroatoms. The van der Waals surface area contributed by atoms with E-state index in [2.05, 4.69) is 20.5 Å². The van der Waals surface area contributed by atoms with Gasteiger partial charge < -0.3 is 10.4 Å². The Hall–Kier alpha value is -1.72. The molecule has 0 bridgehead atoms. The molecule has 0 unspecified atom stereocenters. The number of hydrogen-bond donors (Lipinski definition) is 2. The van der Waals surface area contributed by atoms with E-state index in [1.165, 1.54) is 0 Å². The van der Waals surface area contributed by atoms with Crippen LogP contribution in [0.1, 0.15) is 20.8 Å². The van der Waals surface area contributed by atoms with Gasteiger partial charge in [0.05, 0.1) is 11.4 Å². The standard InChI is InChI=1S/C8H12N4O2/c1-4-7(5(2)11-13)9-10-8(4)6(3)12-14/h4,13-14H,1-3H3/b11-5+,12-6+. The van der Waals surface area contributed by atoms with Crippen molar-refractivity contribution in [3.63, 3.8) is 0 Å². The van der Waals surface area contributed by atoms with Crippen molar-refractivity contribution in [2.75, 3.05) is 0 Å². The van der Waals surface area contributed by atoms with E-state index in [9.17, 15) is 0 Å². The van der Waals surface area contributed by atoms with Gasteiger partial charge in [-0.2, -0.15) is 10.2 Å². The maximum atomic E-state index is 8.57. The van der Waals surface area contributed by atoms with Crippen LogP contribution in [0.5, 0.6) is 0 Å². The van der Waals surface area contributed by atoms with Crippen molar-refractivity contribution in [3.8, 4) is 0 Å². The summed E-state index contributed by atoms with van der Waals surface area (Å²) < 4.78 is 0. The number of hydrogen-bond acceptors (Lipinski definition) is 6. The Kier molecular flexibility index (Phi) is 2.95. The van der Waals surface area contributed by atoms with Crippen molar-refractivity contribution >= 4 is 22.8 Å². The Labute approximate surface area is 81.3 Å². The van der Waals surface area contributed by atoms with Crippen LogP contribution in [0.25, 0.3) is 0 Å². The predicted molar refractivity (Wildman–Crippen MR) is 53.8 cm³/mol. The molecular formula is C8H12N4O2. The lowest BCUT2D eigenvalue weighted by Gasteiger charge is -2.07. The molecule has 6 nitrogen and oxygen atoms in total. The fourth-order valence-corrected chi connectivity index (χ4v) is 1.28. The van der Waals surface area contributed by atoms with Gasteiger partial charge in [-0.25, -0.2) is 0 Å². The zero-order valence-electron chi connectivity index (χ0n) is 8.26. The lowest BCUT2D eigenvalue weighted by Crippen LogP contribution is -2.26. The van der Waals surface area contributed by atoms with Gasteiger partial charge in [-0.1, -0.05) is 17.2 Å². The minimum atomic E-state index is -0.109. The minimum absolute atomic E-state index is 0.109. The fraction of sp³-hybridized carbons (Fsp3) is 0.500. The van der Waals surface area contributed by atoms with Crippen molar-refractivity contribution in [2.24, 2.45) is 26.4 Å². The van der Waals surface area contributed by atoms with Gasteiger partial charge in [-0.3, -0.25) is 0 Å². The van der Waals surface area contributed by atoms with E-state index in [0.29, 0.717) is 22.8 Å². The molecule has 0 atom stereocenters. The fourth-order valence-electron chi connectivity index (χ4n) is 1.28. The summed E-state index contributed by atoms with van der Waals surface area (Å²) in [5.41, 5.74) is 2.01. The molecule has 0 aliphatic carbocycles. The van der Waals surface area contributed by atoms with Crippen LogP contribution in [-0.2, 0) is 0 Å². The van der Waals surface area contributed by atoms with E-state index < -0.39 is 0 Å². The van der Waals surface area contributed by atoms with E-state index in [1.807, 2.05) is 6.92 Å². The highest BCUT2D eigenvalue weighted by molar-refractivity contribution is 6.55. The first-order valence-electron chi connectivity index (χ1n) is 4.15. The van der Waals surface area contributed by atoms with Crippen LogP contribution < -0.4 is 0 Å². The first-order chi connectivity index (χ1) is 6.61. The first kappa shape index (κ1) is 10.4.